The van der Waals surface area contributed by atoms with Gasteiger partial charge in [-0.25, -0.2) is 0 Å². The molecule has 0 unspecified atom stereocenters. The quantitative estimate of drug-likeness (QED) is 0.898. The molecule has 0 radical (unpaired) electrons. The van der Waals surface area contributed by atoms with Gasteiger partial charge in [0.25, 0.3) is 0 Å². The third-order valence-corrected chi connectivity index (χ3v) is 2.96. The van der Waals surface area contributed by atoms with Crippen LogP contribution in [-0.4, -0.2) is 13.0 Å². The number of methoxy groups -OCH3 is 1. The van der Waals surface area contributed by atoms with Crippen molar-refractivity contribution >= 4 is 5.91 Å². The summed E-state index contributed by atoms with van der Waals surface area (Å²) in [5.74, 6) is 0.318. The van der Waals surface area contributed by atoms with Crippen LogP contribution in [0.15, 0.2) is 42.5 Å². The predicted octanol–water partition coefficient (Wildman–Crippen LogP) is 2.77. The maximum atomic E-state index is 11.5. The van der Waals surface area contributed by atoms with Crippen molar-refractivity contribution in [2.45, 2.75) is 6.92 Å². The number of amides is 1. The van der Waals surface area contributed by atoms with E-state index in [0.29, 0.717) is 5.56 Å². The first kappa shape index (κ1) is 12.2. The van der Waals surface area contributed by atoms with Crippen LogP contribution < -0.4 is 10.5 Å². The molecule has 0 atom stereocenters. The summed E-state index contributed by atoms with van der Waals surface area (Å²) in [5.41, 5.74) is 8.66. The Bertz CT molecular complexity index is 577. The van der Waals surface area contributed by atoms with Crippen LogP contribution in [0, 0.1) is 6.92 Å². The van der Waals surface area contributed by atoms with Gasteiger partial charge in [0, 0.05) is 11.1 Å². The summed E-state index contributed by atoms with van der Waals surface area (Å²) < 4.78 is 5.29. The van der Waals surface area contributed by atoms with Crippen molar-refractivity contribution in [3.63, 3.8) is 0 Å². The number of hydrogen-bond donors (Lipinski definition) is 1. The molecule has 0 saturated carbocycles. The van der Waals surface area contributed by atoms with Gasteiger partial charge in [0.15, 0.2) is 0 Å². The standard InChI is InChI=1S/C15H15NO2/c1-10-13(18-2)9-8-12(15(16)17)14(10)11-6-4-3-5-7-11/h3-9H,1-2H3,(H2,16,17). The van der Waals surface area contributed by atoms with Crippen LogP contribution in [0.3, 0.4) is 0 Å². The number of hydrogen-bond acceptors (Lipinski definition) is 2. The van der Waals surface area contributed by atoms with E-state index in [-0.39, 0.29) is 0 Å². The Morgan fingerprint density at radius 2 is 1.78 bits per heavy atom. The zero-order valence-corrected chi connectivity index (χ0v) is 10.4. The zero-order valence-electron chi connectivity index (χ0n) is 10.4. The molecule has 18 heavy (non-hydrogen) atoms. The SMILES string of the molecule is COc1ccc(C(N)=O)c(-c2ccccc2)c1C. The van der Waals surface area contributed by atoms with E-state index in [2.05, 4.69) is 0 Å². The molecule has 3 heteroatoms. The molecule has 0 aliphatic carbocycles. The first-order valence-corrected chi connectivity index (χ1v) is 5.68. The second kappa shape index (κ2) is 4.92. The molecule has 1 amide bonds. The van der Waals surface area contributed by atoms with Crippen molar-refractivity contribution in [2.75, 3.05) is 7.11 Å². The van der Waals surface area contributed by atoms with Crippen molar-refractivity contribution in [2.24, 2.45) is 5.73 Å². The fourth-order valence-corrected chi connectivity index (χ4v) is 2.10. The molecule has 0 spiro atoms. The lowest BCUT2D eigenvalue weighted by Gasteiger charge is -2.14. The highest BCUT2D eigenvalue weighted by atomic mass is 16.5. The van der Waals surface area contributed by atoms with Gasteiger partial charge in [0.05, 0.1) is 7.11 Å². The van der Waals surface area contributed by atoms with Crippen molar-refractivity contribution in [3.8, 4) is 16.9 Å². The van der Waals surface area contributed by atoms with E-state index in [1.54, 1.807) is 19.2 Å². The van der Waals surface area contributed by atoms with E-state index in [0.717, 1.165) is 22.4 Å². The molecular weight excluding hydrogens is 226 g/mol. The second-order valence-electron chi connectivity index (χ2n) is 4.05. The van der Waals surface area contributed by atoms with Crippen LogP contribution in [0.25, 0.3) is 11.1 Å². The van der Waals surface area contributed by atoms with Crippen LogP contribution in [-0.2, 0) is 0 Å². The van der Waals surface area contributed by atoms with Gasteiger partial charge in [-0.15, -0.1) is 0 Å². The molecule has 0 aliphatic rings. The van der Waals surface area contributed by atoms with Gasteiger partial charge in [-0.05, 0) is 30.2 Å². The van der Waals surface area contributed by atoms with E-state index < -0.39 is 5.91 Å². The van der Waals surface area contributed by atoms with Gasteiger partial charge in [-0.2, -0.15) is 0 Å². The molecule has 0 saturated heterocycles. The van der Waals surface area contributed by atoms with Crippen LogP contribution >= 0.6 is 0 Å². The Morgan fingerprint density at radius 3 is 2.33 bits per heavy atom. The molecule has 2 aromatic carbocycles. The van der Waals surface area contributed by atoms with Crippen LogP contribution in [0.4, 0.5) is 0 Å². The molecule has 0 heterocycles. The summed E-state index contributed by atoms with van der Waals surface area (Å²) in [5, 5.41) is 0. The van der Waals surface area contributed by atoms with E-state index in [1.165, 1.54) is 0 Å². The average Bonchev–Trinajstić information content (AvgIpc) is 2.39. The van der Waals surface area contributed by atoms with Gasteiger partial charge >= 0.3 is 0 Å². The summed E-state index contributed by atoms with van der Waals surface area (Å²) in [7, 11) is 1.61. The van der Waals surface area contributed by atoms with E-state index in [1.807, 2.05) is 37.3 Å². The van der Waals surface area contributed by atoms with Crippen molar-refractivity contribution in [1.82, 2.24) is 0 Å². The van der Waals surface area contributed by atoms with Crippen LogP contribution in [0.2, 0.25) is 0 Å². The third kappa shape index (κ3) is 2.07. The number of nitrogens with two attached hydrogens (primary N) is 1. The molecule has 0 fully saturated rings. The second-order valence-corrected chi connectivity index (χ2v) is 4.05. The number of carbonyl (C=O) groups is 1. The Balaban J connectivity index is 2.73. The van der Waals surface area contributed by atoms with Gasteiger partial charge in [0.2, 0.25) is 5.91 Å². The van der Waals surface area contributed by atoms with E-state index >= 15 is 0 Å². The number of benzene rings is 2. The highest BCUT2D eigenvalue weighted by Crippen LogP contribution is 2.33. The van der Waals surface area contributed by atoms with Crippen LogP contribution in [0.5, 0.6) is 5.75 Å². The average molecular weight is 241 g/mol. The molecule has 0 bridgehead atoms. The molecule has 0 aromatic heterocycles. The molecule has 3 nitrogen and oxygen atoms in total. The Morgan fingerprint density at radius 1 is 1.11 bits per heavy atom. The number of ether oxygens (including phenoxy) is 1. The summed E-state index contributed by atoms with van der Waals surface area (Å²) in [6.07, 6.45) is 0. The first-order chi connectivity index (χ1) is 8.65. The third-order valence-electron chi connectivity index (χ3n) is 2.96. The lowest BCUT2D eigenvalue weighted by molar-refractivity contribution is 0.100. The molecular formula is C15H15NO2. The molecule has 0 aliphatic heterocycles. The van der Waals surface area contributed by atoms with Gasteiger partial charge in [-0.1, -0.05) is 30.3 Å². The monoisotopic (exact) mass is 241 g/mol. The van der Waals surface area contributed by atoms with Gasteiger partial charge in [0.1, 0.15) is 5.75 Å². The smallest absolute Gasteiger partial charge is 0.249 e. The van der Waals surface area contributed by atoms with Gasteiger partial charge in [-0.3, -0.25) is 4.79 Å². The number of primary amides is 1. The summed E-state index contributed by atoms with van der Waals surface area (Å²) in [4.78, 5) is 11.5. The highest BCUT2D eigenvalue weighted by Gasteiger charge is 2.15. The van der Waals surface area contributed by atoms with Crippen molar-refractivity contribution < 1.29 is 9.53 Å². The predicted molar refractivity (Wildman–Crippen MR) is 71.7 cm³/mol. The topological polar surface area (TPSA) is 52.3 Å². The Kier molecular flexibility index (Phi) is 3.33. The highest BCUT2D eigenvalue weighted by molar-refractivity contribution is 6.01. The zero-order chi connectivity index (χ0) is 13.1. The van der Waals surface area contributed by atoms with Crippen molar-refractivity contribution in [1.29, 1.82) is 0 Å². The summed E-state index contributed by atoms with van der Waals surface area (Å²) in [6, 6.07) is 13.2. The fraction of sp³-hybridized carbons (Fsp3) is 0.133. The molecule has 2 rings (SSSR count). The lowest BCUT2D eigenvalue weighted by atomic mass is 9.94. The first-order valence-electron chi connectivity index (χ1n) is 5.68. The Hall–Kier alpha value is -2.29. The van der Waals surface area contributed by atoms with E-state index in [9.17, 15) is 4.79 Å². The summed E-state index contributed by atoms with van der Waals surface area (Å²) >= 11 is 0. The number of rotatable bonds is 3. The van der Waals surface area contributed by atoms with Gasteiger partial charge < -0.3 is 10.5 Å². The number of carbonyl (C=O) groups excluding carboxylic acids is 1. The van der Waals surface area contributed by atoms with Crippen molar-refractivity contribution in [3.05, 3.63) is 53.6 Å². The van der Waals surface area contributed by atoms with E-state index in [4.69, 9.17) is 10.5 Å². The summed E-state index contributed by atoms with van der Waals surface area (Å²) in [6.45, 7) is 1.92. The normalized spacial score (nSPS) is 10.1. The maximum Gasteiger partial charge on any atom is 0.249 e. The minimum atomic E-state index is -0.431. The minimum absolute atomic E-state index is 0.431. The lowest BCUT2D eigenvalue weighted by Crippen LogP contribution is -2.13. The largest absolute Gasteiger partial charge is 0.496 e. The minimum Gasteiger partial charge on any atom is -0.496 e. The fourth-order valence-electron chi connectivity index (χ4n) is 2.10. The Labute approximate surface area is 106 Å². The molecule has 2 N–H and O–H groups in total. The molecule has 92 valence electrons. The molecule has 2 aromatic rings. The van der Waals surface area contributed by atoms with Crippen LogP contribution in [0.1, 0.15) is 15.9 Å². The maximum absolute atomic E-state index is 11.5.